The predicted molar refractivity (Wildman–Crippen MR) is 74.6 cm³/mol. The van der Waals surface area contributed by atoms with Gasteiger partial charge in [0.1, 0.15) is 9.84 Å². The van der Waals surface area contributed by atoms with Crippen molar-refractivity contribution in [2.24, 2.45) is 0 Å². The molecule has 0 bridgehead atoms. The maximum absolute atomic E-state index is 11.2. The molecular weight excluding hydrogens is 248 g/mol. The van der Waals surface area contributed by atoms with Crippen molar-refractivity contribution in [2.45, 2.75) is 44.1 Å². The van der Waals surface area contributed by atoms with Crippen LogP contribution in [0.25, 0.3) is 0 Å². The largest absolute Gasteiger partial charge is 0.314 e. The molecular formula is C13H26N2O2S. The second-order valence-corrected chi connectivity index (χ2v) is 8.19. The van der Waals surface area contributed by atoms with Crippen molar-refractivity contribution in [3.8, 4) is 0 Å². The number of piperazine rings is 1. The molecule has 1 spiro atoms. The SMILES string of the molecule is CS(=O)(=O)CCCN1CCNCC12CCCCC2. The van der Waals surface area contributed by atoms with Gasteiger partial charge in [0.2, 0.25) is 0 Å². The second kappa shape index (κ2) is 5.88. The second-order valence-electron chi connectivity index (χ2n) is 5.93. The van der Waals surface area contributed by atoms with E-state index < -0.39 is 9.84 Å². The van der Waals surface area contributed by atoms with Gasteiger partial charge < -0.3 is 5.32 Å². The average molecular weight is 274 g/mol. The molecule has 0 atom stereocenters. The molecule has 1 aliphatic heterocycles. The minimum absolute atomic E-state index is 0.326. The van der Waals surface area contributed by atoms with Crippen molar-refractivity contribution in [3.63, 3.8) is 0 Å². The third kappa shape index (κ3) is 3.68. The van der Waals surface area contributed by atoms with Gasteiger partial charge in [-0.1, -0.05) is 19.3 Å². The number of nitrogens with one attached hydrogen (secondary N) is 1. The summed E-state index contributed by atoms with van der Waals surface area (Å²) in [6, 6.07) is 0. The molecule has 1 saturated heterocycles. The summed E-state index contributed by atoms with van der Waals surface area (Å²) in [5.74, 6) is 0.326. The summed E-state index contributed by atoms with van der Waals surface area (Å²) >= 11 is 0. The van der Waals surface area contributed by atoms with E-state index in [2.05, 4.69) is 10.2 Å². The first kappa shape index (κ1) is 14.3. The van der Waals surface area contributed by atoms with E-state index in [1.165, 1.54) is 38.4 Å². The fraction of sp³-hybridized carbons (Fsp3) is 1.00. The van der Waals surface area contributed by atoms with Gasteiger partial charge in [-0.25, -0.2) is 8.42 Å². The molecule has 18 heavy (non-hydrogen) atoms. The molecule has 0 amide bonds. The molecule has 1 heterocycles. The molecule has 0 unspecified atom stereocenters. The van der Waals surface area contributed by atoms with Crippen LogP contribution in [0.5, 0.6) is 0 Å². The minimum Gasteiger partial charge on any atom is -0.314 e. The molecule has 106 valence electrons. The first-order valence-corrected chi connectivity index (χ1v) is 9.21. The van der Waals surface area contributed by atoms with Gasteiger partial charge in [-0.05, 0) is 25.8 Å². The van der Waals surface area contributed by atoms with Gasteiger partial charge in [0, 0.05) is 31.4 Å². The minimum atomic E-state index is -2.81. The third-order valence-corrected chi connectivity index (χ3v) is 5.44. The van der Waals surface area contributed by atoms with Gasteiger partial charge in [0.15, 0.2) is 0 Å². The molecule has 1 aliphatic carbocycles. The molecule has 2 fully saturated rings. The molecule has 4 nitrogen and oxygen atoms in total. The summed E-state index contributed by atoms with van der Waals surface area (Å²) in [6.45, 7) is 4.14. The number of hydrogen-bond donors (Lipinski definition) is 1. The molecule has 0 aromatic carbocycles. The van der Waals surface area contributed by atoms with E-state index >= 15 is 0 Å². The lowest BCUT2D eigenvalue weighted by Crippen LogP contribution is -2.62. The summed E-state index contributed by atoms with van der Waals surface area (Å²) in [4.78, 5) is 2.56. The summed E-state index contributed by atoms with van der Waals surface area (Å²) in [6.07, 6.45) is 8.67. The van der Waals surface area contributed by atoms with Crippen LogP contribution in [0.1, 0.15) is 38.5 Å². The predicted octanol–water partition coefficient (Wildman–Crippen LogP) is 1.03. The molecule has 2 aliphatic rings. The molecule has 0 aromatic heterocycles. The van der Waals surface area contributed by atoms with Gasteiger partial charge in [0.05, 0.1) is 5.75 Å². The maximum atomic E-state index is 11.2. The zero-order chi connectivity index (χ0) is 13.1. The lowest BCUT2D eigenvalue weighted by Gasteiger charge is -2.50. The van der Waals surface area contributed by atoms with E-state index in [1.54, 1.807) is 0 Å². The Kier molecular flexibility index (Phi) is 4.67. The first-order chi connectivity index (χ1) is 8.52. The van der Waals surface area contributed by atoms with Crippen LogP contribution in [0.2, 0.25) is 0 Å². The number of hydrogen-bond acceptors (Lipinski definition) is 4. The molecule has 2 rings (SSSR count). The fourth-order valence-corrected chi connectivity index (χ4v) is 4.11. The van der Waals surface area contributed by atoms with Crippen molar-refractivity contribution in [2.75, 3.05) is 38.2 Å². The van der Waals surface area contributed by atoms with E-state index in [4.69, 9.17) is 0 Å². The Bertz CT molecular complexity index is 353. The molecule has 5 heteroatoms. The Morgan fingerprint density at radius 1 is 1.22 bits per heavy atom. The molecule has 1 N–H and O–H groups in total. The van der Waals surface area contributed by atoms with Crippen LogP contribution in [0.4, 0.5) is 0 Å². The highest BCUT2D eigenvalue weighted by Crippen LogP contribution is 2.34. The van der Waals surface area contributed by atoms with Crippen LogP contribution < -0.4 is 5.32 Å². The van der Waals surface area contributed by atoms with Crippen molar-refractivity contribution < 1.29 is 8.42 Å². The highest BCUT2D eigenvalue weighted by molar-refractivity contribution is 7.90. The van der Waals surface area contributed by atoms with Crippen molar-refractivity contribution in [1.29, 1.82) is 0 Å². The van der Waals surface area contributed by atoms with Gasteiger partial charge in [-0.15, -0.1) is 0 Å². The summed E-state index contributed by atoms with van der Waals surface area (Å²) in [7, 11) is -2.81. The normalized spacial score (nSPS) is 25.4. The van der Waals surface area contributed by atoms with E-state index in [9.17, 15) is 8.42 Å². The molecule has 0 aromatic rings. The Hall–Kier alpha value is -0.130. The monoisotopic (exact) mass is 274 g/mol. The topological polar surface area (TPSA) is 49.4 Å². The van der Waals surface area contributed by atoms with Gasteiger partial charge in [0.25, 0.3) is 0 Å². The van der Waals surface area contributed by atoms with Crippen molar-refractivity contribution in [3.05, 3.63) is 0 Å². The number of nitrogens with zero attached hydrogens (tertiary/aromatic N) is 1. The zero-order valence-corrected chi connectivity index (χ0v) is 12.3. The Morgan fingerprint density at radius 2 is 1.94 bits per heavy atom. The summed E-state index contributed by atoms with van der Waals surface area (Å²) in [5.41, 5.74) is 0.327. The lowest BCUT2D eigenvalue weighted by molar-refractivity contribution is 0.0280. The van der Waals surface area contributed by atoms with Crippen LogP contribution in [-0.2, 0) is 9.84 Å². The number of sulfone groups is 1. The fourth-order valence-electron chi connectivity index (χ4n) is 3.45. The molecule has 0 radical (unpaired) electrons. The Morgan fingerprint density at radius 3 is 2.61 bits per heavy atom. The van der Waals surface area contributed by atoms with Crippen molar-refractivity contribution in [1.82, 2.24) is 10.2 Å². The Balaban J connectivity index is 1.91. The highest BCUT2D eigenvalue weighted by Gasteiger charge is 2.39. The van der Waals surface area contributed by atoms with E-state index in [1.807, 2.05) is 0 Å². The van der Waals surface area contributed by atoms with Crippen LogP contribution >= 0.6 is 0 Å². The summed E-state index contributed by atoms with van der Waals surface area (Å²) < 4.78 is 22.4. The Labute approximate surface area is 111 Å². The van der Waals surface area contributed by atoms with Crippen LogP contribution in [-0.4, -0.2) is 57.0 Å². The standard InChI is InChI=1S/C13H26N2O2S/c1-18(16,17)11-5-9-15-10-8-14-12-13(15)6-3-2-4-7-13/h14H,2-12H2,1H3. The quantitative estimate of drug-likeness (QED) is 0.832. The van der Waals surface area contributed by atoms with E-state index in [0.717, 1.165) is 32.6 Å². The van der Waals surface area contributed by atoms with Crippen LogP contribution in [0.15, 0.2) is 0 Å². The zero-order valence-electron chi connectivity index (χ0n) is 11.5. The summed E-state index contributed by atoms with van der Waals surface area (Å²) in [5, 5.41) is 3.52. The van der Waals surface area contributed by atoms with E-state index in [0.29, 0.717) is 11.3 Å². The van der Waals surface area contributed by atoms with Crippen LogP contribution in [0, 0.1) is 0 Å². The first-order valence-electron chi connectivity index (χ1n) is 7.15. The van der Waals surface area contributed by atoms with Gasteiger partial charge >= 0.3 is 0 Å². The maximum Gasteiger partial charge on any atom is 0.147 e. The third-order valence-electron chi connectivity index (χ3n) is 4.41. The van der Waals surface area contributed by atoms with Gasteiger partial charge in [-0.3, -0.25) is 4.90 Å². The molecule has 1 saturated carbocycles. The highest BCUT2D eigenvalue weighted by atomic mass is 32.2. The van der Waals surface area contributed by atoms with Crippen molar-refractivity contribution >= 4 is 9.84 Å². The average Bonchev–Trinajstić information content (AvgIpc) is 2.31. The smallest absolute Gasteiger partial charge is 0.147 e. The van der Waals surface area contributed by atoms with E-state index in [-0.39, 0.29) is 0 Å². The lowest BCUT2D eigenvalue weighted by atomic mass is 9.79. The van der Waals surface area contributed by atoms with Gasteiger partial charge in [-0.2, -0.15) is 0 Å². The number of rotatable bonds is 4. The van der Waals surface area contributed by atoms with Crippen LogP contribution in [0.3, 0.4) is 0 Å².